The summed E-state index contributed by atoms with van der Waals surface area (Å²) in [7, 11) is -4.56. The van der Waals surface area contributed by atoms with Gasteiger partial charge in [0, 0.05) is 65.8 Å². The van der Waals surface area contributed by atoms with Gasteiger partial charge in [0.25, 0.3) is 10.1 Å². The molecule has 0 aromatic heterocycles. The highest BCUT2D eigenvalue weighted by Crippen LogP contribution is 2.41. The molecule has 0 atom stereocenters. The molecule has 0 spiro atoms. The zero-order valence-electron chi connectivity index (χ0n) is 29.6. The number of anilines is 5. The van der Waals surface area contributed by atoms with Crippen LogP contribution in [-0.2, 0) is 10.1 Å². The second-order valence-electron chi connectivity index (χ2n) is 12.8. The monoisotopic (exact) mass is 737 g/mol. The van der Waals surface area contributed by atoms with Crippen LogP contribution in [0.2, 0.25) is 0 Å². The van der Waals surface area contributed by atoms with Crippen LogP contribution < -0.4 is 15.1 Å². The van der Waals surface area contributed by atoms with Gasteiger partial charge in [0.05, 0.1) is 4.90 Å². The Morgan fingerprint density at radius 1 is 0.642 bits per heavy atom. The van der Waals surface area contributed by atoms with Crippen molar-refractivity contribution in [2.45, 2.75) is 43.7 Å². The number of hydrogen-bond acceptors (Lipinski definition) is 5. The van der Waals surface area contributed by atoms with E-state index < -0.39 is 22.7 Å². The molecule has 0 saturated heterocycles. The Bertz CT molecular complexity index is 2140. The summed E-state index contributed by atoms with van der Waals surface area (Å²) < 4.78 is 73.2. The van der Waals surface area contributed by atoms with Gasteiger partial charge < -0.3 is 15.1 Å². The molecule has 0 fully saturated rings. The lowest BCUT2D eigenvalue weighted by atomic mass is 9.82. The van der Waals surface area contributed by atoms with Gasteiger partial charge in [-0.1, -0.05) is 72.8 Å². The summed E-state index contributed by atoms with van der Waals surface area (Å²) in [5, 5.41) is 4.26. The molecule has 0 heterocycles. The van der Waals surface area contributed by atoms with Gasteiger partial charge in [-0.2, -0.15) is 21.6 Å². The smallest absolute Gasteiger partial charge is 0.385 e. The summed E-state index contributed by atoms with van der Waals surface area (Å²) in [5.41, 5.74) is 7.54. The summed E-state index contributed by atoms with van der Waals surface area (Å²) in [6.45, 7) is 5.77. The van der Waals surface area contributed by atoms with Crippen LogP contribution in [0.1, 0.15) is 49.3 Å². The number of rotatable bonds is 14. The van der Waals surface area contributed by atoms with Crippen LogP contribution in [0.3, 0.4) is 0 Å². The molecule has 274 valence electrons. The molecule has 6 rings (SSSR count). The average Bonchev–Trinajstić information content (AvgIpc) is 3.16. The van der Waals surface area contributed by atoms with Crippen LogP contribution in [0.25, 0.3) is 10.8 Å². The second kappa shape index (κ2) is 16.1. The molecule has 0 aliphatic rings. The zero-order chi connectivity index (χ0) is 37.6. The molecule has 53 heavy (non-hydrogen) atoms. The van der Waals surface area contributed by atoms with E-state index >= 15 is 0 Å². The van der Waals surface area contributed by atoms with E-state index in [0.717, 1.165) is 52.5 Å². The van der Waals surface area contributed by atoms with Gasteiger partial charge in [-0.15, -0.1) is 0 Å². The largest absolute Gasteiger partial charge is 0.389 e. The number of alkyl halides is 3. The van der Waals surface area contributed by atoms with Crippen LogP contribution in [-0.4, -0.2) is 38.8 Å². The number of para-hydroxylation sites is 2. The number of halogens is 3. The van der Waals surface area contributed by atoms with Gasteiger partial charge in [-0.05, 0) is 109 Å². The fraction of sp³-hybridized carbons (Fsp3) is 0.209. The molecular formula is C43H42F3N3O3S. The highest BCUT2D eigenvalue weighted by atomic mass is 32.2. The Balaban J connectivity index is 1.47. The van der Waals surface area contributed by atoms with Crippen molar-refractivity contribution in [3.05, 3.63) is 156 Å². The summed E-state index contributed by atoms with van der Waals surface area (Å²) in [6, 6.07) is 45.2. The first kappa shape index (κ1) is 37.4. The first-order valence-electron chi connectivity index (χ1n) is 17.7. The van der Waals surface area contributed by atoms with E-state index in [9.17, 15) is 26.1 Å². The van der Waals surface area contributed by atoms with Crippen LogP contribution >= 0.6 is 0 Å². The van der Waals surface area contributed by atoms with Gasteiger partial charge in [-0.3, -0.25) is 4.55 Å². The van der Waals surface area contributed by atoms with E-state index in [0.29, 0.717) is 16.5 Å². The van der Waals surface area contributed by atoms with E-state index in [2.05, 4.69) is 102 Å². The Morgan fingerprint density at radius 2 is 1.13 bits per heavy atom. The van der Waals surface area contributed by atoms with E-state index in [-0.39, 0.29) is 23.8 Å². The SMILES string of the molecule is CCN(c1ccccc1)c1ccc(C(c2ccc(N(CC)c3ccccc3)cc2)c2ccc(NCCCC(F)(F)F)c3cc(S(=O)(=O)O)ccc23)cc1. The van der Waals surface area contributed by atoms with Gasteiger partial charge in [0.15, 0.2) is 0 Å². The van der Waals surface area contributed by atoms with Gasteiger partial charge in [0.1, 0.15) is 0 Å². The predicted molar refractivity (Wildman–Crippen MR) is 210 cm³/mol. The van der Waals surface area contributed by atoms with E-state index in [1.807, 2.05) is 42.5 Å². The first-order valence-corrected chi connectivity index (χ1v) is 19.1. The van der Waals surface area contributed by atoms with Crippen LogP contribution in [0.5, 0.6) is 0 Å². The number of hydrogen-bond donors (Lipinski definition) is 2. The maximum absolute atomic E-state index is 12.9. The van der Waals surface area contributed by atoms with Crippen molar-refractivity contribution in [2.75, 3.05) is 34.8 Å². The Kier molecular flexibility index (Phi) is 11.4. The van der Waals surface area contributed by atoms with Crippen molar-refractivity contribution in [1.29, 1.82) is 0 Å². The van der Waals surface area contributed by atoms with Crippen molar-refractivity contribution < 1.29 is 26.1 Å². The summed E-state index contributed by atoms with van der Waals surface area (Å²) in [5.74, 6) is -0.310. The van der Waals surface area contributed by atoms with E-state index in [4.69, 9.17) is 0 Å². The molecule has 0 aliphatic heterocycles. The van der Waals surface area contributed by atoms with E-state index in [1.165, 1.54) is 12.1 Å². The molecule has 6 aromatic rings. The average molecular weight is 738 g/mol. The lowest BCUT2D eigenvalue weighted by Gasteiger charge is -2.27. The molecule has 10 heteroatoms. The number of fused-ring (bicyclic) bond motifs is 1. The van der Waals surface area contributed by atoms with Crippen LogP contribution in [0.15, 0.2) is 144 Å². The van der Waals surface area contributed by atoms with E-state index in [1.54, 1.807) is 12.1 Å². The Labute approximate surface area is 309 Å². The third-order valence-corrected chi connectivity index (χ3v) is 10.3. The highest BCUT2D eigenvalue weighted by Gasteiger charge is 2.26. The molecule has 0 bridgehead atoms. The minimum Gasteiger partial charge on any atom is -0.385 e. The summed E-state index contributed by atoms with van der Waals surface area (Å²) in [6.07, 6.45) is -5.38. The number of nitrogens with one attached hydrogen (secondary N) is 1. The topological polar surface area (TPSA) is 72.9 Å². The van der Waals surface area contributed by atoms with Gasteiger partial charge in [-0.25, -0.2) is 0 Å². The highest BCUT2D eigenvalue weighted by molar-refractivity contribution is 7.85. The minimum absolute atomic E-state index is 0.0289. The van der Waals surface area contributed by atoms with Crippen LogP contribution in [0.4, 0.5) is 41.6 Å². The minimum atomic E-state index is -4.56. The van der Waals surface area contributed by atoms with Crippen molar-refractivity contribution in [1.82, 2.24) is 0 Å². The predicted octanol–water partition coefficient (Wildman–Crippen LogP) is 11.3. The number of nitrogens with zero attached hydrogens (tertiary/aromatic N) is 2. The first-order chi connectivity index (χ1) is 25.5. The normalized spacial score (nSPS) is 11.9. The third kappa shape index (κ3) is 8.84. The molecule has 0 amide bonds. The van der Waals surface area contributed by atoms with Crippen molar-refractivity contribution in [3.63, 3.8) is 0 Å². The molecule has 0 unspecified atom stereocenters. The lowest BCUT2D eigenvalue weighted by Crippen LogP contribution is -2.16. The molecule has 6 aromatic carbocycles. The third-order valence-electron chi connectivity index (χ3n) is 9.43. The van der Waals surface area contributed by atoms with Crippen LogP contribution in [0, 0.1) is 0 Å². The standard InChI is InChI=1S/C43H42F3N3O3S/c1-3-48(33-12-7-5-8-13-33)35-20-16-31(17-21-35)42(32-18-22-36(23-19-32)49(4-2)34-14-9-6-10-15-34)39-26-27-41(47-29-11-28-43(44,45)46)40-30-37(53(50,51)52)24-25-38(39)40/h5-10,12-27,30,42,47H,3-4,11,28-29H2,1-2H3,(H,50,51,52). The number of benzene rings is 6. The Hall–Kier alpha value is -5.32. The maximum Gasteiger partial charge on any atom is 0.389 e. The summed E-state index contributed by atoms with van der Waals surface area (Å²) in [4.78, 5) is 4.15. The zero-order valence-corrected chi connectivity index (χ0v) is 30.4. The fourth-order valence-electron chi connectivity index (χ4n) is 6.92. The second-order valence-corrected chi connectivity index (χ2v) is 14.2. The quantitative estimate of drug-likeness (QED) is 0.0659. The molecule has 6 nitrogen and oxygen atoms in total. The summed E-state index contributed by atoms with van der Waals surface area (Å²) >= 11 is 0. The van der Waals surface area contributed by atoms with Crippen molar-refractivity contribution in [3.8, 4) is 0 Å². The molecule has 0 radical (unpaired) electrons. The molecule has 0 saturated carbocycles. The maximum atomic E-state index is 12.9. The molecule has 0 aliphatic carbocycles. The van der Waals surface area contributed by atoms with Gasteiger partial charge in [0.2, 0.25) is 0 Å². The Morgan fingerprint density at radius 3 is 1.58 bits per heavy atom. The van der Waals surface area contributed by atoms with Gasteiger partial charge >= 0.3 is 6.18 Å². The fourth-order valence-corrected chi connectivity index (χ4v) is 7.42. The van der Waals surface area contributed by atoms with Crippen molar-refractivity contribution >= 4 is 49.3 Å². The lowest BCUT2D eigenvalue weighted by molar-refractivity contribution is -0.134. The molecule has 2 N–H and O–H groups in total. The molecular weight excluding hydrogens is 696 g/mol. The van der Waals surface area contributed by atoms with Crippen molar-refractivity contribution in [2.24, 2.45) is 0 Å².